The normalized spacial score (nSPS) is 11.6. The minimum absolute atomic E-state index is 0.157. The maximum atomic E-state index is 11.9. The molecule has 0 heterocycles. The third-order valence-corrected chi connectivity index (χ3v) is 4.15. The number of hydrogen-bond acceptors (Lipinski definition) is 4. The van der Waals surface area contributed by atoms with Gasteiger partial charge in [0.1, 0.15) is 5.75 Å². The first kappa shape index (κ1) is 16.7. The van der Waals surface area contributed by atoms with Gasteiger partial charge in [-0.2, -0.15) is 0 Å². The molecular formula is C14H21NO4S. The Hall–Kier alpha value is -1.40. The Morgan fingerprint density at radius 2 is 1.90 bits per heavy atom. The fourth-order valence-electron chi connectivity index (χ4n) is 1.55. The van der Waals surface area contributed by atoms with E-state index in [9.17, 15) is 13.2 Å². The van der Waals surface area contributed by atoms with Crippen LogP contribution in [0.3, 0.4) is 0 Å². The summed E-state index contributed by atoms with van der Waals surface area (Å²) in [6, 6.07) is 7.97. The van der Waals surface area contributed by atoms with Gasteiger partial charge in [-0.15, -0.1) is 0 Å². The second kappa shape index (κ2) is 8.01. The van der Waals surface area contributed by atoms with Crippen molar-refractivity contribution in [3.8, 4) is 0 Å². The molecule has 1 rings (SSSR count). The van der Waals surface area contributed by atoms with Gasteiger partial charge in [-0.05, 0) is 32.4 Å². The molecule has 0 atom stereocenters. The third-order valence-electron chi connectivity index (χ3n) is 2.52. The summed E-state index contributed by atoms with van der Waals surface area (Å²) in [5.74, 6) is -1.01. The van der Waals surface area contributed by atoms with Crippen LogP contribution in [0.4, 0.5) is 0 Å². The number of carbonyl (C=O) groups excluding carboxylic acids is 1. The van der Waals surface area contributed by atoms with E-state index >= 15 is 0 Å². The first-order chi connectivity index (χ1) is 9.42. The number of rotatable bonds is 8. The Bertz CT molecular complexity index is 511. The molecule has 5 nitrogen and oxygen atoms in total. The quantitative estimate of drug-likeness (QED) is 0.736. The average molecular weight is 299 g/mol. The number of carbonyl (C=O) groups is 1. The van der Waals surface area contributed by atoms with E-state index in [4.69, 9.17) is 4.74 Å². The van der Waals surface area contributed by atoms with Gasteiger partial charge < -0.3 is 10.1 Å². The predicted octanol–water partition coefficient (Wildman–Crippen LogP) is 1.39. The second-order valence-electron chi connectivity index (χ2n) is 4.70. The van der Waals surface area contributed by atoms with Crippen molar-refractivity contribution in [2.45, 2.75) is 31.3 Å². The maximum absolute atomic E-state index is 11.9. The fourth-order valence-corrected chi connectivity index (χ4v) is 2.74. The number of benzene rings is 1. The largest absolute Gasteiger partial charge is 0.379 e. The summed E-state index contributed by atoms with van der Waals surface area (Å²) >= 11 is 0. The zero-order valence-electron chi connectivity index (χ0n) is 11.8. The van der Waals surface area contributed by atoms with Gasteiger partial charge in [0.05, 0.1) is 11.0 Å². The van der Waals surface area contributed by atoms with E-state index in [1.807, 2.05) is 13.8 Å². The highest BCUT2D eigenvalue weighted by Gasteiger charge is 2.18. The van der Waals surface area contributed by atoms with Gasteiger partial charge in [0.2, 0.25) is 5.91 Å². The Morgan fingerprint density at radius 3 is 2.50 bits per heavy atom. The number of hydrogen-bond donors (Lipinski definition) is 1. The molecule has 0 radical (unpaired) electrons. The maximum Gasteiger partial charge on any atom is 0.235 e. The van der Waals surface area contributed by atoms with Crippen LogP contribution < -0.4 is 5.32 Å². The van der Waals surface area contributed by atoms with Crippen molar-refractivity contribution < 1.29 is 17.9 Å². The molecule has 1 N–H and O–H groups in total. The molecule has 0 saturated carbocycles. The summed E-state index contributed by atoms with van der Waals surface area (Å²) in [4.78, 5) is 11.8. The molecule has 0 aliphatic carbocycles. The Morgan fingerprint density at radius 1 is 1.25 bits per heavy atom. The van der Waals surface area contributed by atoms with Crippen LogP contribution in [0.25, 0.3) is 0 Å². The number of nitrogens with one attached hydrogen (secondary N) is 1. The highest BCUT2D eigenvalue weighted by atomic mass is 32.2. The topological polar surface area (TPSA) is 72.5 Å². The van der Waals surface area contributed by atoms with Crippen LogP contribution >= 0.6 is 0 Å². The summed E-state index contributed by atoms with van der Waals surface area (Å²) in [5.41, 5.74) is 0. The molecule has 1 aromatic carbocycles. The van der Waals surface area contributed by atoms with Gasteiger partial charge in [0.25, 0.3) is 0 Å². The smallest absolute Gasteiger partial charge is 0.235 e. The van der Waals surface area contributed by atoms with Gasteiger partial charge in [-0.3, -0.25) is 4.79 Å². The lowest BCUT2D eigenvalue weighted by Gasteiger charge is -2.08. The molecule has 0 aromatic heterocycles. The Kier molecular flexibility index (Phi) is 6.67. The first-order valence-corrected chi connectivity index (χ1v) is 8.23. The number of amides is 1. The lowest BCUT2D eigenvalue weighted by atomic mass is 10.4. The molecular weight excluding hydrogens is 278 g/mol. The van der Waals surface area contributed by atoms with Crippen molar-refractivity contribution in [2.24, 2.45) is 0 Å². The van der Waals surface area contributed by atoms with Gasteiger partial charge in [-0.25, -0.2) is 8.42 Å². The van der Waals surface area contributed by atoms with Gasteiger partial charge in [0, 0.05) is 13.2 Å². The van der Waals surface area contributed by atoms with Crippen molar-refractivity contribution in [1.29, 1.82) is 0 Å². The van der Waals surface area contributed by atoms with Crippen molar-refractivity contribution in [3.05, 3.63) is 30.3 Å². The van der Waals surface area contributed by atoms with Gasteiger partial charge in [0.15, 0.2) is 9.84 Å². The second-order valence-corrected chi connectivity index (χ2v) is 6.68. The molecule has 1 aromatic rings. The molecule has 20 heavy (non-hydrogen) atoms. The highest BCUT2D eigenvalue weighted by molar-refractivity contribution is 7.92. The molecule has 0 aliphatic rings. The molecule has 0 aliphatic heterocycles. The lowest BCUT2D eigenvalue weighted by molar-refractivity contribution is -0.118. The van der Waals surface area contributed by atoms with E-state index in [1.165, 1.54) is 12.1 Å². The van der Waals surface area contributed by atoms with E-state index in [1.54, 1.807) is 18.2 Å². The van der Waals surface area contributed by atoms with Crippen LogP contribution in [0.15, 0.2) is 35.2 Å². The van der Waals surface area contributed by atoms with Crippen molar-refractivity contribution in [1.82, 2.24) is 5.32 Å². The molecule has 0 unspecified atom stereocenters. The number of ether oxygens (including phenoxy) is 1. The molecule has 0 spiro atoms. The van der Waals surface area contributed by atoms with Crippen LogP contribution in [0.5, 0.6) is 0 Å². The van der Waals surface area contributed by atoms with Crippen molar-refractivity contribution in [3.63, 3.8) is 0 Å². The summed E-state index contributed by atoms with van der Waals surface area (Å²) < 4.78 is 29.2. The first-order valence-electron chi connectivity index (χ1n) is 6.58. The molecule has 0 bridgehead atoms. The Labute approximate surface area is 120 Å². The molecule has 112 valence electrons. The zero-order chi connectivity index (χ0) is 15.0. The van der Waals surface area contributed by atoms with Gasteiger partial charge >= 0.3 is 0 Å². The van der Waals surface area contributed by atoms with E-state index < -0.39 is 21.5 Å². The van der Waals surface area contributed by atoms with Crippen LogP contribution in [0.2, 0.25) is 0 Å². The van der Waals surface area contributed by atoms with E-state index in [2.05, 4.69) is 5.32 Å². The zero-order valence-corrected chi connectivity index (χ0v) is 12.7. The molecule has 0 saturated heterocycles. The monoisotopic (exact) mass is 299 g/mol. The average Bonchev–Trinajstić information content (AvgIpc) is 2.38. The summed E-state index contributed by atoms with van der Waals surface area (Å²) in [6.45, 7) is 4.83. The van der Waals surface area contributed by atoms with Crippen LogP contribution in [-0.2, 0) is 19.4 Å². The summed E-state index contributed by atoms with van der Waals surface area (Å²) in [5, 5.41) is 2.58. The minimum Gasteiger partial charge on any atom is -0.379 e. The standard InChI is InChI=1S/C14H21NO4S/c1-12(2)19-10-6-9-15-14(16)11-20(17,18)13-7-4-3-5-8-13/h3-5,7-8,12H,6,9-11H2,1-2H3,(H,15,16). The molecule has 6 heteroatoms. The van der Waals surface area contributed by atoms with Crippen molar-refractivity contribution in [2.75, 3.05) is 18.9 Å². The van der Waals surface area contributed by atoms with Gasteiger partial charge in [-0.1, -0.05) is 18.2 Å². The van der Waals surface area contributed by atoms with Crippen LogP contribution in [0, 0.1) is 0 Å². The van der Waals surface area contributed by atoms with Crippen LogP contribution in [0.1, 0.15) is 20.3 Å². The highest BCUT2D eigenvalue weighted by Crippen LogP contribution is 2.09. The van der Waals surface area contributed by atoms with E-state index in [0.29, 0.717) is 19.6 Å². The van der Waals surface area contributed by atoms with Crippen molar-refractivity contribution >= 4 is 15.7 Å². The number of sulfone groups is 1. The molecule has 1 amide bonds. The fraction of sp³-hybridized carbons (Fsp3) is 0.500. The van der Waals surface area contributed by atoms with E-state index in [-0.39, 0.29) is 11.0 Å². The Balaban J connectivity index is 2.35. The predicted molar refractivity (Wildman–Crippen MR) is 77.2 cm³/mol. The summed E-state index contributed by atoms with van der Waals surface area (Å²) in [6.07, 6.45) is 0.819. The van der Waals surface area contributed by atoms with E-state index in [0.717, 1.165) is 0 Å². The lowest BCUT2D eigenvalue weighted by Crippen LogP contribution is -2.31. The minimum atomic E-state index is -3.56. The summed E-state index contributed by atoms with van der Waals surface area (Å²) in [7, 11) is -3.56. The molecule has 0 fully saturated rings. The third kappa shape index (κ3) is 6.16. The SMILES string of the molecule is CC(C)OCCCNC(=O)CS(=O)(=O)c1ccccc1. The van der Waals surface area contributed by atoms with Crippen LogP contribution in [-0.4, -0.2) is 39.3 Å².